The SMILES string of the molecule is CC(NC(=O)C(Cc1ccccc1)NC(=O)C(CC(=O)O)NC(=O)C(N)Cc1ccccc1)C(=O)O. The second kappa shape index (κ2) is 13.6. The third kappa shape index (κ3) is 9.18. The lowest BCUT2D eigenvalue weighted by Crippen LogP contribution is -2.58. The van der Waals surface area contributed by atoms with Crippen LogP contribution in [0.4, 0.5) is 0 Å². The fourth-order valence-corrected chi connectivity index (χ4v) is 3.33. The molecule has 0 fully saturated rings. The van der Waals surface area contributed by atoms with Gasteiger partial charge in [-0.3, -0.25) is 24.0 Å². The summed E-state index contributed by atoms with van der Waals surface area (Å²) in [5.41, 5.74) is 7.41. The summed E-state index contributed by atoms with van der Waals surface area (Å²) >= 11 is 0. The molecule has 0 aromatic heterocycles. The maximum absolute atomic E-state index is 13.0. The Morgan fingerprint density at radius 3 is 1.69 bits per heavy atom. The fraction of sp³-hybridized carbons (Fsp3) is 0.320. The molecule has 0 aliphatic heterocycles. The largest absolute Gasteiger partial charge is 0.481 e. The van der Waals surface area contributed by atoms with E-state index in [-0.39, 0.29) is 12.8 Å². The smallest absolute Gasteiger partial charge is 0.325 e. The maximum Gasteiger partial charge on any atom is 0.325 e. The summed E-state index contributed by atoms with van der Waals surface area (Å²) in [5.74, 6) is -5.05. The first-order valence-corrected chi connectivity index (χ1v) is 11.3. The summed E-state index contributed by atoms with van der Waals surface area (Å²) in [6, 6.07) is 12.6. The van der Waals surface area contributed by atoms with Gasteiger partial charge < -0.3 is 31.9 Å². The predicted molar refractivity (Wildman–Crippen MR) is 130 cm³/mol. The van der Waals surface area contributed by atoms with Crippen molar-refractivity contribution < 1.29 is 34.2 Å². The van der Waals surface area contributed by atoms with Crippen LogP contribution in [0.5, 0.6) is 0 Å². The van der Waals surface area contributed by atoms with E-state index in [0.29, 0.717) is 5.56 Å². The Morgan fingerprint density at radius 2 is 1.19 bits per heavy atom. The molecule has 2 aromatic carbocycles. The zero-order valence-electron chi connectivity index (χ0n) is 19.7. The highest BCUT2D eigenvalue weighted by Gasteiger charge is 2.31. The van der Waals surface area contributed by atoms with Gasteiger partial charge in [0.15, 0.2) is 0 Å². The first kappa shape index (κ1) is 28.0. The van der Waals surface area contributed by atoms with Gasteiger partial charge in [0.1, 0.15) is 18.1 Å². The van der Waals surface area contributed by atoms with Crippen LogP contribution in [0.3, 0.4) is 0 Å². The molecule has 11 heteroatoms. The number of carbonyl (C=O) groups excluding carboxylic acids is 3. The van der Waals surface area contributed by atoms with Gasteiger partial charge >= 0.3 is 11.9 Å². The van der Waals surface area contributed by atoms with Crippen molar-refractivity contribution in [2.24, 2.45) is 5.73 Å². The standard InChI is InChI=1S/C25H30N4O7/c1-15(25(35)36)27-23(33)19(13-17-10-6-3-7-11-17)29-24(34)20(14-21(30)31)28-22(32)18(26)12-16-8-4-2-5-9-16/h2-11,15,18-20H,12-14,26H2,1H3,(H,27,33)(H,28,32)(H,29,34)(H,30,31)(H,35,36). The number of hydrogen-bond donors (Lipinski definition) is 6. The van der Waals surface area contributed by atoms with E-state index in [2.05, 4.69) is 16.0 Å². The number of hydrogen-bond acceptors (Lipinski definition) is 6. The minimum absolute atomic E-state index is 0.00596. The lowest BCUT2D eigenvalue weighted by molar-refractivity contribution is -0.143. The normalized spacial score (nSPS) is 13.9. The van der Waals surface area contributed by atoms with Crippen molar-refractivity contribution in [2.45, 2.75) is 50.4 Å². The fourth-order valence-electron chi connectivity index (χ4n) is 3.33. The topological polar surface area (TPSA) is 188 Å². The molecule has 2 aromatic rings. The Morgan fingerprint density at radius 1 is 0.722 bits per heavy atom. The van der Waals surface area contributed by atoms with Gasteiger partial charge in [-0.2, -0.15) is 0 Å². The molecule has 2 rings (SSSR count). The monoisotopic (exact) mass is 498 g/mol. The molecule has 3 amide bonds. The maximum atomic E-state index is 13.0. The number of aliphatic carboxylic acids is 2. The van der Waals surface area contributed by atoms with Crippen molar-refractivity contribution >= 4 is 29.7 Å². The van der Waals surface area contributed by atoms with Gasteiger partial charge in [0.25, 0.3) is 0 Å². The van der Waals surface area contributed by atoms with Crippen LogP contribution in [0.15, 0.2) is 60.7 Å². The van der Waals surface area contributed by atoms with Gasteiger partial charge in [0.2, 0.25) is 17.7 Å². The molecule has 0 aliphatic rings. The molecule has 0 heterocycles. The van der Waals surface area contributed by atoms with E-state index >= 15 is 0 Å². The highest BCUT2D eigenvalue weighted by molar-refractivity contribution is 5.95. The lowest BCUT2D eigenvalue weighted by Gasteiger charge is -2.24. The first-order chi connectivity index (χ1) is 17.1. The number of nitrogens with two attached hydrogens (primary N) is 1. The third-order valence-electron chi connectivity index (χ3n) is 5.29. The summed E-state index contributed by atoms with van der Waals surface area (Å²) in [6.07, 6.45) is -0.576. The number of nitrogens with one attached hydrogen (secondary N) is 3. The van der Waals surface area contributed by atoms with Crippen LogP contribution in [0.2, 0.25) is 0 Å². The summed E-state index contributed by atoms with van der Waals surface area (Å²) in [5, 5.41) is 25.5. The van der Waals surface area contributed by atoms with Gasteiger partial charge in [0, 0.05) is 6.42 Å². The molecule has 4 atom stereocenters. The molecule has 0 aliphatic carbocycles. The minimum atomic E-state index is -1.51. The van der Waals surface area contributed by atoms with E-state index in [1.165, 1.54) is 6.92 Å². The molecular weight excluding hydrogens is 468 g/mol. The van der Waals surface area contributed by atoms with Gasteiger partial charge in [-0.25, -0.2) is 0 Å². The van der Waals surface area contributed by atoms with Crippen molar-refractivity contribution in [3.8, 4) is 0 Å². The molecule has 0 radical (unpaired) electrons. The van der Waals surface area contributed by atoms with Crippen molar-refractivity contribution in [3.63, 3.8) is 0 Å². The predicted octanol–water partition coefficient (Wildman–Crippen LogP) is -0.167. The molecule has 36 heavy (non-hydrogen) atoms. The number of carboxylic acid groups (broad SMARTS) is 2. The van der Waals surface area contributed by atoms with Crippen LogP contribution >= 0.6 is 0 Å². The molecule has 0 spiro atoms. The molecule has 7 N–H and O–H groups in total. The minimum Gasteiger partial charge on any atom is -0.481 e. The Balaban J connectivity index is 2.16. The number of carbonyl (C=O) groups is 5. The Bertz CT molecular complexity index is 1060. The van der Waals surface area contributed by atoms with Crippen molar-refractivity contribution in [1.29, 1.82) is 0 Å². The van der Waals surface area contributed by atoms with E-state index in [9.17, 15) is 29.1 Å². The van der Waals surface area contributed by atoms with Crippen LogP contribution < -0.4 is 21.7 Å². The van der Waals surface area contributed by atoms with E-state index < -0.39 is 60.2 Å². The molecule has 192 valence electrons. The summed E-state index contributed by atoms with van der Waals surface area (Å²) in [7, 11) is 0. The van der Waals surface area contributed by atoms with Crippen LogP contribution in [0, 0.1) is 0 Å². The highest BCUT2D eigenvalue weighted by Crippen LogP contribution is 2.07. The zero-order valence-corrected chi connectivity index (χ0v) is 19.7. The molecule has 0 saturated carbocycles. The molecule has 0 saturated heterocycles. The molecular formula is C25H30N4O7. The number of carboxylic acids is 2. The Labute approximate surface area is 208 Å². The zero-order chi connectivity index (χ0) is 26.7. The quantitative estimate of drug-likeness (QED) is 0.219. The van der Waals surface area contributed by atoms with E-state index in [1.807, 2.05) is 6.07 Å². The number of benzene rings is 2. The van der Waals surface area contributed by atoms with Crippen molar-refractivity contribution in [1.82, 2.24) is 16.0 Å². The highest BCUT2D eigenvalue weighted by atomic mass is 16.4. The van der Waals surface area contributed by atoms with Gasteiger partial charge in [0.05, 0.1) is 12.5 Å². The number of amides is 3. The van der Waals surface area contributed by atoms with E-state index in [1.54, 1.807) is 54.6 Å². The second-order valence-electron chi connectivity index (χ2n) is 8.27. The third-order valence-corrected chi connectivity index (χ3v) is 5.29. The molecule has 11 nitrogen and oxygen atoms in total. The van der Waals surface area contributed by atoms with Gasteiger partial charge in [-0.15, -0.1) is 0 Å². The average molecular weight is 499 g/mol. The van der Waals surface area contributed by atoms with E-state index in [0.717, 1.165) is 5.56 Å². The van der Waals surface area contributed by atoms with Gasteiger partial charge in [-0.05, 0) is 24.5 Å². The van der Waals surface area contributed by atoms with Gasteiger partial charge in [-0.1, -0.05) is 60.7 Å². The summed E-state index contributed by atoms with van der Waals surface area (Å²) in [4.78, 5) is 60.9. The molecule has 4 unspecified atom stereocenters. The van der Waals surface area contributed by atoms with Crippen molar-refractivity contribution in [2.75, 3.05) is 0 Å². The summed E-state index contributed by atoms with van der Waals surface area (Å²) < 4.78 is 0. The first-order valence-electron chi connectivity index (χ1n) is 11.3. The van der Waals surface area contributed by atoms with Crippen LogP contribution in [0.25, 0.3) is 0 Å². The number of rotatable bonds is 13. The Hall–Kier alpha value is -4.25. The van der Waals surface area contributed by atoms with Crippen LogP contribution in [-0.4, -0.2) is 64.0 Å². The van der Waals surface area contributed by atoms with Crippen LogP contribution in [0.1, 0.15) is 24.5 Å². The van der Waals surface area contributed by atoms with E-state index in [4.69, 9.17) is 10.8 Å². The summed E-state index contributed by atoms with van der Waals surface area (Å²) in [6.45, 7) is 1.27. The van der Waals surface area contributed by atoms with Crippen LogP contribution in [-0.2, 0) is 36.8 Å². The lowest BCUT2D eigenvalue weighted by atomic mass is 10.0. The second-order valence-corrected chi connectivity index (χ2v) is 8.27. The average Bonchev–Trinajstić information content (AvgIpc) is 2.83. The Kier molecular flexibility index (Phi) is 10.6. The molecule has 0 bridgehead atoms. The van der Waals surface area contributed by atoms with Crippen molar-refractivity contribution in [3.05, 3.63) is 71.8 Å².